The van der Waals surface area contributed by atoms with Crippen LogP contribution in [0.15, 0.2) is 4.47 Å². The number of amides is 1. The van der Waals surface area contributed by atoms with Crippen LogP contribution in [-0.4, -0.2) is 27.2 Å². The number of nitrogens with one attached hydrogen (secondary N) is 2. The zero-order chi connectivity index (χ0) is 12.1. The van der Waals surface area contributed by atoms with Crippen molar-refractivity contribution in [3.05, 3.63) is 10.2 Å². The van der Waals surface area contributed by atoms with Gasteiger partial charge in [-0.15, -0.1) is 0 Å². The Balaban J connectivity index is 2.56. The molecule has 1 amide bonds. The van der Waals surface area contributed by atoms with Gasteiger partial charge in [-0.05, 0) is 22.4 Å². The predicted molar refractivity (Wildman–Crippen MR) is 61.2 cm³/mol. The molecule has 0 spiro atoms. The molecule has 0 fully saturated rings. The lowest BCUT2D eigenvalue weighted by atomic mass is 10.3. The molecule has 88 valence electrons. The van der Waals surface area contributed by atoms with Gasteiger partial charge in [0, 0.05) is 6.42 Å². The fourth-order valence-electron chi connectivity index (χ4n) is 1.10. The van der Waals surface area contributed by atoms with Gasteiger partial charge < -0.3 is 10.4 Å². The topological polar surface area (TPSA) is 95.1 Å². The molecule has 0 atom stereocenters. The van der Waals surface area contributed by atoms with E-state index in [1.165, 1.54) is 0 Å². The highest BCUT2D eigenvalue weighted by atomic mass is 79.9. The van der Waals surface area contributed by atoms with Crippen molar-refractivity contribution in [3.63, 3.8) is 0 Å². The van der Waals surface area contributed by atoms with E-state index in [9.17, 15) is 9.59 Å². The Labute approximate surface area is 101 Å². The van der Waals surface area contributed by atoms with Crippen molar-refractivity contribution < 1.29 is 14.7 Å². The Morgan fingerprint density at radius 1 is 1.50 bits per heavy atom. The van der Waals surface area contributed by atoms with Crippen molar-refractivity contribution >= 4 is 33.6 Å². The van der Waals surface area contributed by atoms with E-state index in [1.807, 2.05) is 6.92 Å². The number of carboxylic acid groups (broad SMARTS) is 1. The van der Waals surface area contributed by atoms with Gasteiger partial charge in [-0.3, -0.25) is 14.7 Å². The number of rotatable bonds is 5. The molecule has 0 unspecified atom stereocenters. The molecule has 0 aliphatic heterocycles. The molecule has 1 aromatic heterocycles. The zero-order valence-electron chi connectivity index (χ0n) is 8.71. The van der Waals surface area contributed by atoms with Crippen molar-refractivity contribution in [1.82, 2.24) is 10.2 Å². The maximum atomic E-state index is 11.3. The van der Waals surface area contributed by atoms with Crippen LogP contribution in [0.1, 0.15) is 25.5 Å². The molecule has 1 rings (SSSR count). The molecule has 0 aliphatic carbocycles. The number of aromatic amines is 1. The zero-order valence-corrected chi connectivity index (χ0v) is 10.3. The van der Waals surface area contributed by atoms with Crippen molar-refractivity contribution in [2.24, 2.45) is 0 Å². The summed E-state index contributed by atoms with van der Waals surface area (Å²) in [7, 11) is 0. The minimum absolute atomic E-state index is 0.0594. The van der Waals surface area contributed by atoms with Gasteiger partial charge in [0.05, 0.1) is 16.6 Å². The first-order valence-electron chi connectivity index (χ1n) is 4.79. The van der Waals surface area contributed by atoms with E-state index in [4.69, 9.17) is 5.11 Å². The molecule has 0 radical (unpaired) electrons. The van der Waals surface area contributed by atoms with Gasteiger partial charge in [-0.2, -0.15) is 5.10 Å². The van der Waals surface area contributed by atoms with Gasteiger partial charge >= 0.3 is 5.97 Å². The van der Waals surface area contributed by atoms with Gasteiger partial charge in [0.25, 0.3) is 0 Å². The highest BCUT2D eigenvalue weighted by Crippen LogP contribution is 2.23. The Hall–Kier alpha value is -1.37. The number of anilines is 1. The molecule has 16 heavy (non-hydrogen) atoms. The van der Waals surface area contributed by atoms with E-state index >= 15 is 0 Å². The second-order valence-electron chi connectivity index (χ2n) is 3.16. The van der Waals surface area contributed by atoms with Crippen molar-refractivity contribution in [1.29, 1.82) is 0 Å². The minimum Gasteiger partial charge on any atom is -0.481 e. The monoisotopic (exact) mass is 289 g/mol. The number of aryl methyl sites for hydroxylation is 1. The van der Waals surface area contributed by atoms with Crippen LogP contribution in [0, 0.1) is 0 Å². The molecule has 0 aromatic carbocycles. The fourth-order valence-corrected chi connectivity index (χ4v) is 1.65. The van der Waals surface area contributed by atoms with Gasteiger partial charge in [0.2, 0.25) is 5.91 Å². The maximum absolute atomic E-state index is 11.3. The summed E-state index contributed by atoms with van der Waals surface area (Å²) in [5.41, 5.74) is 0.883. The lowest BCUT2D eigenvalue weighted by Crippen LogP contribution is -2.13. The predicted octanol–water partition coefficient (Wildman–Crippen LogP) is 1.54. The molecule has 1 aromatic rings. The van der Waals surface area contributed by atoms with Crippen LogP contribution in [-0.2, 0) is 16.0 Å². The molecule has 6 nitrogen and oxygen atoms in total. The number of aliphatic carboxylic acids is 1. The van der Waals surface area contributed by atoms with Crippen molar-refractivity contribution in [2.75, 3.05) is 5.32 Å². The average Bonchev–Trinajstić information content (AvgIpc) is 2.57. The first kappa shape index (κ1) is 12.7. The summed E-state index contributed by atoms with van der Waals surface area (Å²) in [6.45, 7) is 1.95. The second kappa shape index (κ2) is 5.64. The molecule has 0 saturated heterocycles. The highest BCUT2D eigenvalue weighted by molar-refractivity contribution is 9.10. The van der Waals surface area contributed by atoms with Gasteiger partial charge in [-0.1, -0.05) is 6.92 Å². The Kier molecular flexibility index (Phi) is 4.48. The summed E-state index contributed by atoms with van der Waals surface area (Å²) in [6, 6.07) is 0. The van der Waals surface area contributed by atoms with Gasteiger partial charge in [0.15, 0.2) is 5.82 Å². The summed E-state index contributed by atoms with van der Waals surface area (Å²) in [5.74, 6) is -0.963. The van der Waals surface area contributed by atoms with E-state index in [0.29, 0.717) is 10.3 Å². The number of halogens is 1. The van der Waals surface area contributed by atoms with E-state index in [2.05, 4.69) is 31.4 Å². The Morgan fingerprint density at radius 3 is 2.69 bits per heavy atom. The Bertz CT molecular complexity index is 403. The lowest BCUT2D eigenvalue weighted by molar-refractivity contribution is -0.138. The average molecular weight is 290 g/mol. The molecule has 1 heterocycles. The molecule has 0 bridgehead atoms. The van der Waals surface area contributed by atoms with Crippen LogP contribution < -0.4 is 5.32 Å². The number of hydrogen-bond acceptors (Lipinski definition) is 3. The summed E-state index contributed by atoms with van der Waals surface area (Å²) < 4.78 is 0.707. The van der Waals surface area contributed by atoms with Crippen LogP contribution in [0.2, 0.25) is 0 Å². The third kappa shape index (κ3) is 3.34. The van der Waals surface area contributed by atoms with Crippen molar-refractivity contribution in [2.45, 2.75) is 26.2 Å². The molecule has 7 heteroatoms. The maximum Gasteiger partial charge on any atom is 0.303 e. The number of carbonyl (C=O) groups excluding carboxylic acids is 1. The van der Waals surface area contributed by atoms with Crippen LogP contribution in [0.3, 0.4) is 0 Å². The first-order valence-corrected chi connectivity index (χ1v) is 5.58. The second-order valence-corrected chi connectivity index (χ2v) is 3.95. The standard InChI is InChI=1S/C9H12BrN3O3/c1-2-5-8(10)9(13-12-5)11-6(14)3-4-7(15)16/h2-4H2,1H3,(H,15,16)(H2,11,12,13,14). The highest BCUT2D eigenvalue weighted by Gasteiger charge is 2.12. The third-order valence-electron chi connectivity index (χ3n) is 1.95. The summed E-state index contributed by atoms with van der Waals surface area (Å²) in [4.78, 5) is 21.6. The fraction of sp³-hybridized carbons (Fsp3) is 0.444. The summed E-state index contributed by atoms with van der Waals surface area (Å²) in [5, 5.41) is 17.6. The van der Waals surface area contributed by atoms with Crippen LogP contribution >= 0.6 is 15.9 Å². The quantitative estimate of drug-likeness (QED) is 0.766. The number of H-pyrrole nitrogens is 1. The minimum atomic E-state index is -0.995. The summed E-state index contributed by atoms with van der Waals surface area (Å²) in [6.07, 6.45) is 0.517. The van der Waals surface area contributed by atoms with E-state index < -0.39 is 5.97 Å². The molecule has 0 aliphatic rings. The lowest BCUT2D eigenvalue weighted by Gasteiger charge is -2.00. The van der Waals surface area contributed by atoms with Crippen molar-refractivity contribution in [3.8, 4) is 0 Å². The normalized spacial score (nSPS) is 10.1. The number of hydrogen-bond donors (Lipinski definition) is 3. The Morgan fingerprint density at radius 2 is 2.19 bits per heavy atom. The molecular formula is C9H12BrN3O3. The van der Waals surface area contributed by atoms with E-state index in [0.717, 1.165) is 12.1 Å². The SMILES string of the molecule is CCc1[nH]nc(NC(=O)CCC(=O)O)c1Br. The van der Waals surface area contributed by atoms with Crippen LogP contribution in [0.5, 0.6) is 0 Å². The molecule has 3 N–H and O–H groups in total. The first-order chi connectivity index (χ1) is 7.54. The largest absolute Gasteiger partial charge is 0.481 e. The smallest absolute Gasteiger partial charge is 0.303 e. The third-order valence-corrected chi connectivity index (χ3v) is 2.81. The molecule has 0 saturated carbocycles. The summed E-state index contributed by atoms with van der Waals surface area (Å²) >= 11 is 3.30. The number of nitrogens with zero attached hydrogens (tertiary/aromatic N) is 1. The van der Waals surface area contributed by atoms with Gasteiger partial charge in [-0.25, -0.2) is 0 Å². The van der Waals surface area contributed by atoms with E-state index in [-0.39, 0.29) is 18.7 Å². The van der Waals surface area contributed by atoms with Crippen LogP contribution in [0.25, 0.3) is 0 Å². The number of aromatic nitrogens is 2. The number of carbonyl (C=O) groups is 2. The van der Waals surface area contributed by atoms with E-state index in [1.54, 1.807) is 0 Å². The van der Waals surface area contributed by atoms with Crippen LogP contribution in [0.4, 0.5) is 5.82 Å². The molecular weight excluding hydrogens is 278 g/mol. The number of carboxylic acids is 1. The van der Waals surface area contributed by atoms with Gasteiger partial charge in [0.1, 0.15) is 0 Å².